The largest absolute Gasteiger partial charge is 0.508 e. The minimum atomic E-state index is 0.170. The molecule has 0 bridgehead atoms. The number of hydrogen-bond acceptors (Lipinski definition) is 2. The lowest BCUT2D eigenvalue weighted by Gasteiger charge is -2.36. The molecule has 0 saturated heterocycles. The zero-order valence-electron chi connectivity index (χ0n) is 24.6. The molecule has 0 aliphatic rings. The van der Waals surface area contributed by atoms with Gasteiger partial charge in [0.1, 0.15) is 12.5 Å². The van der Waals surface area contributed by atoms with E-state index >= 15 is 0 Å². The summed E-state index contributed by atoms with van der Waals surface area (Å²) in [5, 5.41) is 10.9. The fraction of sp³-hybridized carbons (Fsp3) is 0.794. The monoisotopic (exact) mass is 502 g/mol. The Morgan fingerprint density at radius 1 is 0.528 bits per heavy atom. The van der Waals surface area contributed by atoms with Crippen molar-refractivity contribution >= 4 is 6.79 Å². The molecule has 0 atom stereocenters. The van der Waals surface area contributed by atoms with Gasteiger partial charge in [-0.25, -0.2) is 0 Å². The van der Waals surface area contributed by atoms with Crippen molar-refractivity contribution < 1.29 is 9.90 Å². The molecule has 0 amide bonds. The van der Waals surface area contributed by atoms with Crippen LogP contribution in [0, 0.1) is 0 Å². The summed E-state index contributed by atoms with van der Waals surface area (Å²) in [6, 6.07) is 8.33. The van der Waals surface area contributed by atoms with Crippen molar-refractivity contribution in [3.63, 3.8) is 0 Å². The molecule has 0 heterocycles. The normalized spacial score (nSPS) is 11.3. The first kappa shape index (κ1) is 34.7. The molecule has 1 rings (SSSR count). The molecule has 0 saturated carbocycles. The summed E-state index contributed by atoms with van der Waals surface area (Å²) in [7, 11) is 0. The lowest BCUT2D eigenvalue weighted by molar-refractivity contribution is -0.0980. The summed E-state index contributed by atoms with van der Waals surface area (Å²) in [6.45, 7) is 8.90. The van der Waals surface area contributed by atoms with Crippen LogP contribution in [0.25, 0.3) is 0 Å². The molecule has 0 spiro atoms. The van der Waals surface area contributed by atoms with Gasteiger partial charge in [0.15, 0.2) is 0 Å². The molecule has 1 N–H and O–H groups in total. The van der Waals surface area contributed by atoms with Gasteiger partial charge < -0.3 is 9.90 Å². The fourth-order valence-corrected chi connectivity index (χ4v) is 5.79. The average molecular weight is 503 g/mol. The second-order valence-electron chi connectivity index (χ2n) is 11.1. The van der Waals surface area contributed by atoms with E-state index in [1.54, 1.807) is 0 Å². The Bertz CT molecular complexity index is 564. The minimum Gasteiger partial charge on any atom is -0.508 e. The molecular weight excluding hydrogens is 440 g/mol. The van der Waals surface area contributed by atoms with Crippen molar-refractivity contribution in [1.82, 2.24) is 0 Å². The third-order valence-corrected chi connectivity index (χ3v) is 8.00. The topological polar surface area (TPSA) is 37.3 Å². The summed E-state index contributed by atoms with van der Waals surface area (Å²) < 4.78 is 0. The maximum Gasteiger partial charge on any atom is 0.119 e. The molecule has 0 aliphatic carbocycles. The Kier molecular flexibility index (Phi) is 24.4. The van der Waals surface area contributed by atoms with E-state index in [1.165, 1.54) is 153 Å². The Morgan fingerprint density at radius 2 is 0.833 bits per heavy atom. The van der Waals surface area contributed by atoms with E-state index in [-0.39, 0.29) is 5.41 Å². The number of hydrogen-bond donors (Lipinski definition) is 1. The molecule has 2 nitrogen and oxygen atoms in total. The van der Waals surface area contributed by atoms with Crippen LogP contribution >= 0.6 is 0 Å². The number of phenols is 1. The van der Waals surface area contributed by atoms with E-state index in [0.29, 0.717) is 5.75 Å². The lowest BCUT2D eigenvalue weighted by Crippen LogP contribution is -2.27. The van der Waals surface area contributed by atoms with Crippen LogP contribution in [0.2, 0.25) is 0 Å². The highest BCUT2D eigenvalue weighted by Crippen LogP contribution is 2.44. The first-order chi connectivity index (χ1) is 17.7. The van der Waals surface area contributed by atoms with Crippen molar-refractivity contribution in [2.45, 2.75) is 174 Å². The first-order valence-corrected chi connectivity index (χ1v) is 15.8. The van der Waals surface area contributed by atoms with Gasteiger partial charge in [0.25, 0.3) is 0 Å². The number of phenolic OH excluding ortho intramolecular Hbond substituents is 1. The minimum absolute atomic E-state index is 0.170. The van der Waals surface area contributed by atoms with Crippen LogP contribution in [-0.2, 0) is 10.2 Å². The number of carbonyl (C=O) groups is 1. The first-order valence-electron chi connectivity index (χ1n) is 15.8. The number of para-hydroxylation sites is 1. The summed E-state index contributed by atoms with van der Waals surface area (Å²) in [4.78, 5) is 8.00. The zero-order valence-corrected chi connectivity index (χ0v) is 24.6. The molecule has 1 aromatic rings. The third kappa shape index (κ3) is 16.4. The zero-order chi connectivity index (χ0) is 26.7. The van der Waals surface area contributed by atoms with Crippen molar-refractivity contribution in [3.8, 4) is 5.75 Å². The lowest BCUT2D eigenvalue weighted by atomic mass is 9.69. The molecule has 210 valence electrons. The smallest absolute Gasteiger partial charge is 0.119 e. The van der Waals surface area contributed by atoms with Crippen LogP contribution in [0.5, 0.6) is 5.75 Å². The molecule has 0 aromatic heterocycles. The van der Waals surface area contributed by atoms with Crippen LogP contribution < -0.4 is 0 Å². The van der Waals surface area contributed by atoms with Gasteiger partial charge in [-0.15, -0.1) is 0 Å². The summed E-state index contributed by atoms with van der Waals surface area (Å²) in [5.74, 6) is 0.541. The highest BCUT2D eigenvalue weighted by molar-refractivity contribution is 5.38. The Morgan fingerprint density at radius 3 is 1.17 bits per heavy atom. The maximum atomic E-state index is 10.9. The van der Waals surface area contributed by atoms with Crippen LogP contribution in [0.1, 0.15) is 174 Å². The van der Waals surface area contributed by atoms with Gasteiger partial charge in [0.05, 0.1) is 0 Å². The van der Waals surface area contributed by atoms with Crippen molar-refractivity contribution in [2.24, 2.45) is 0 Å². The van der Waals surface area contributed by atoms with E-state index in [4.69, 9.17) is 4.79 Å². The van der Waals surface area contributed by atoms with E-state index < -0.39 is 0 Å². The number of benzene rings is 1. The SMILES string of the molecule is C=O.CCCCCCCCCC(CCCCCCCC)(CCCCCCCCC)c1ccccc1O. The van der Waals surface area contributed by atoms with Gasteiger partial charge in [0, 0.05) is 5.56 Å². The van der Waals surface area contributed by atoms with Crippen LogP contribution in [0.15, 0.2) is 24.3 Å². The molecule has 1 aromatic carbocycles. The Labute approximate surface area is 226 Å². The van der Waals surface area contributed by atoms with E-state index in [9.17, 15) is 5.11 Å². The highest BCUT2D eigenvalue weighted by Gasteiger charge is 2.33. The number of aromatic hydroxyl groups is 1. The van der Waals surface area contributed by atoms with Gasteiger partial charge in [-0.2, -0.15) is 0 Å². The number of carbonyl (C=O) groups excluding carboxylic acids is 1. The van der Waals surface area contributed by atoms with Crippen LogP contribution in [0.3, 0.4) is 0 Å². The van der Waals surface area contributed by atoms with E-state index in [0.717, 1.165) is 0 Å². The quantitative estimate of drug-likeness (QED) is 0.143. The van der Waals surface area contributed by atoms with Gasteiger partial charge in [-0.3, -0.25) is 0 Å². The van der Waals surface area contributed by atoms with Gasteiger partial charge in [-0.1, -0.05) is 167 Å². The Balaban J connectivity index is 0.00000596. The molecule has 0 unspecified atom stereocenters. The van der Waals surface area contributed by atoms with Gasteiger partial charge in [0.2, 0.25) is 0 Å². The second-order valence-corrected chi connectivity index (χ2v) is 11.1. The molecule has 36 heavy (non-hydrogen) atoms. The van der Waals surface area contributed by atoms with E-state index in [2.05, 4.69) is 32.9 Å². The average Bonchev–Trinajstić information content (AvgIpc) is 2.90. The van der Waals surface area contributed by atoms with Crippen molar-refractivity contribution in [3.05, 3.63) is 29.8 Å². The van der Waals surface area contributed by atoms with Crippen molar-refractivity contribution in [1.29, 1.82) is 0 Å². The summed E-state index contributed by atoms with van der Waals surface area (Å²) in [5.41, 5.74) is 1.42. The molecular formula is C34H62O2. The predicted octanol–water partition coefficient (Wildman–Crippen LogP) is 11.5. The number of unbranched alkanes of at least 4 members (excludes halogenated alkanes) is 17. The molecule has 2 heteroatoms. The standard InChI is InChI=1S/C33H60O.CH2O/c1-4-7-10-13-16-19-24-29-33(28-23-18-15-12-9-6-3,31-26-21-22-27-32(31)34)30-25-20-17-14-11-8-5-2;1-2/h21-22,26-27,34H,4-20,23-25,28-30H2,1-3H3;1H2. The van der Waals surface area contributed by atoms with Gasteiger partial charge >= 0.3 is 0 Å². The summed E-state index contributed by atoms with van der Waals surface area (Å²) in [6.07, 6.45) is 31.0. The summed E-state index contributed by atoms with van der Waals surface area (Å²) >= 11 is 0. The predicted molar refractivity (Wildman–Crippen MR) is 160 cm³/mol. The molecule has 0 fully saturated rings. The Hall–Kier alpha value is -1.31. The maximum absolute atomic E-state index is 10.9. The fourth-order valence-electron chi connectivity index (χ4n) is 5.79. The van der Waals surface area contributed by atoms with Crippen molar-refractivity contribution in [2.75, 3.05) is 0 Å². The van der Waals surface area contributed by atoms with E-state index in [1.807, 2.05) is 18.9 Å². The third-order valence-electron chi connectivity index (χ3n) is 8.00. The highest BCUT2D eigenvalue weighted by atomic mass is 16.3. The second kappa shape index (κ2) is 25.3. The van der Waals surface area contributed by atoms with Crippen LogP contribution in [-0.4, -0.2) is 11.9 Å². The van der Waals surface area contributed by atoms with Crippen LogP contribution in [0.4, 0.5) is 0 Å². The van der Waals surface area contributed by atoms with Gasteiger partial charge in [-0.05, 0) is 30.7 Å². The number of rotatable bonds is 24. The molecule has 0 radical (unpaired) electrons. The molecule has 0 aliphatic heterocycles.